The second kappa shape index (κ2) is 9.06. The van der Waals surface area contributed by atoms with Crippen molar-refractivity contribution in [2.45, 2.75) is 13.3 Å². The summed E-state index contributed by atoms with van der Waals surface area (Å²) in [6.07, 6.45) is 0.838. The summed E-state index contributed by atoms with van der Waals surface area (Å²) in [5.74, 6) is -0.414. The molecule has 0 aliphatic heterocycles. The van der Waals surface area contributed by atoms with Crippen molar-refractivity contribution in [1.82, 2.24) is 0 Å². The van der Waals surface area contributed by atoms with Gasteiger partial charge in [0.2, 0.25) is 0 Å². The van der Waals surface area contributed by atoms with Crippen LogP contribution < -0.4 is 15.5 Å². The highest BCUT2D eigenvalue weighted by Gasteiger charge is 2.11. The third kappa shape index (κ3) is 5.02. The Kier molecular flexibility index (Phi) is 6.29. The molecule has 0 aliphatic carbocycles. The Labute approximate surface area is 171 Å². The number of nitrogens with one attached hydrogen (secondary N) is 2. The predicted octanol–water partition coefficient (Wildman–Crippen LogP) is 4.82. The van der Waals surface area contributed by atoms with Crippen LogP contribution in [0.15, 0.2) is 72.8 Å². The van der Waals surface area contributed by atoms with E-state index in [4.69, 9.17) is 0 Å². The van der Waals surface area contributed by atoms with Gasteiger partial charge in [-0.1, -0.05) is 25.1 Å². The summed E-state index contributed by atoms with van der Waals surface area (Å²) in [5.41, 5.74) is 4.66. The highest BCUT2D eigenvalue weighted by atomic mass is 16.2. The van der Waals surface area contributed by atoms with Crippen LogP contribution >= 0.6 is 0 Å². The number of hydrogen-bond acceptors (Lipinski definition) is 3. The normalized spacial score (nSPS) is 10.3. The maximum absolute atomic E-state index is 12.5. The Balaban J connectivity index is 1.66. The van der Waals surface area contributed by atoms with Gasteiger partial charge in [0.1, 0.15) is 0 Å². The fourth-order valence-corrected chi connectivity index (χ4v) is 2.96. The first-order chi connectivity index (χ1) is 14.0. The Morgan fingerprint density at radius 1 is 0.759 bits per heavy atom. The average molecular weight is 387 g/mol. The summed E-state index contributed by atoms with van der Waals surface area (Å²) in [7, 11) is 3.93. The summed E-state index contributed by atoms with van der Waals surface area (Å²) < 4.78 is 0. The van der Waals surface area contributed by atoms with Crippen LogP contribution in [0.25, 0.3) is 0 Å². The first kappa shape index (κ1) is 20.1. The third-order valence-electron chi connectivity index (χ3n) is 4.70. The number of amides is 2. The molecule has 0 bridgehead atoms. The molecule has 5 heteroatoms. The summed E-state index contributed by atoms with van der Waals surface area (Å²) in [6, 6.07) is 22.0. The predicted molar refractivity (Wildman–Crippen MR) is 119 cm³/mol. The molecule has 3 aromatic rings. The minimum atomic E-state index is -0.217. The number of aryl methyl sites for hydroxylation is 1. The van der Waals surface area contributed by atoms with Gasteiger partial charge < -0.3 is 15.5 Å². The molecule has 0 aromatic heterocycles. The third-order valence-corrected chi connectivity index (χ3v) is 4.70. The van der Waals surface area contributed by atoms with Gasteiger partial charge in [0.15, 0.2) is 0 Å². The molecule has 0 radical (unpaired) electrons. The van der Waals surface area contributed by atoms with E-state index in [-0.39, 0.29) is 11.8 Å². The Hall–Kier alpha value is -3.60. The number of para-hydroxylation sites is 1. The zero-order chi connectivity index (χ0) is 20.8. The number of benzene rings is 3. The first-order valence-corrected chi connectivity index (χ1v) is 9.56. The van der Waals surface area contributed by atoms with E-state index >= 15 is 0 Å². The van der Waals surface area contributed by atoms with Gasteiger partial charge in [-0.25, -0.2) is 0 Å². The van der Waals surface area contributed by atoms with Gasteiger partial charge in [0.05, 0.1) is 0 Å². The van der Waals surface area contributed by atoms with Crippen molar-refractivity contribution in [3.8, 4) is 0 Å². The molecular weight excluding hydrogens is 362 g/mol. The first-order valence-electron chi connectivity index (χ1n) is 9.56. The Morgan fingerprint density at radius 2 is 1.31 bits per heavy atom. The van der Waals surface area contributed by atoms with Gasteiger partial charge in [-0.15, -0.1) is 0 Å². The average Bonchev–Trinajstić information content (AvgIpc) is 2.74. The topological polar surface area (TPSA) is 61.4 Å². The van der Waals surface area contributed by atoms with E-state index in [1.807, 2.05) is 74.4 Å². The molecule has 29 heavy (non-hydrogen) atoms. The van der Waals surface area contributed by atoms with E-state index < -0.39 is 0 Å². The van der Waals surface area contributed by atoms with Crippen molar-refractivity contribution in [3.63, 3.8) is 0 Å². The maximum atomic E-state index is 12.5. The molecule has 0 unspecified atom stereocenters. The number of rotatable bonds is 6. The number of carbonyl (C=O) groups excluding carboxylic acids is 2. The van der Waals surface area contributed by atoms with E-state index in [2.05, 4.69) is 10.6 Å². The molecule has 0 aliphatic rings. The van der Waals surface area contributed by atoms with Gasteiger partial charge >= 0.3 is 0 Å². The highest BCUT2D eigenvalue weighted by Crippen LogP contribution is 2.18. The molecular formula is C24H25N3O2. The lowest BCUT2D eigenvalue weighted by Crippen LogP contribution is -2.15. The second-order valence-corrected chi connectivity index (χ2v) is 6.94. The monoisotopic (exact) mass is 387 g/mol. The second-order valence-electron chi connectivity index (χ2n) is 6.94. The zero-order valence-electron chi connectivity index (χ0n) is 16.9. The summed E-state index contributed by atoms with van der Waals surface area (Å²) >= 11 is 0. The van der Waals surface area contributed by atoms with Crippen LogP contribution in [0, 0.1) is 0 Å². The van der Waals surface area contributed by atoms with E-state index in [1.165, 1.54) is 0 Å². The molecule has 2 amide bonds. The molecule has 0 fully saturated rings. The standard InChI is InChI=1S/C24H25N3O2/c1-4-17-7-5-6-8-22(17)26-24(29)19-11-9-18(10-12-19)23(28)25-20-13-15-21(16-14-20)27(2)3/h5-16H,4H2,1-3H3,(H,25,28)(H,26,29). The fraction of sp³-hybridized carbons (Fsp3) is 0.167. The van der Waals surface area contributed by atoms with Gasteiger partial charge in [-0.05, 0) is 66.6 Å². The van der Waals surface area contributed by atoms with Gasteiger partial charge in [0, 0.05) is 42.3 Å². The van der Waals surface area contributed by atoms with Crippen molar-refractivity contribution in [3.05, 3.63) is 89.5 Å². The molecule has 148 valence electrons. The molecule has 0 spiro atoms. The lowest BCUT2D eigenvalue weighted by molar-refractivity contribution is 0.101. The van der Waals surface area contributed by atoms with Gasteiger partial charge in [0.25, 0.3) is 11.8 Å². The summed E-state index contributed by atoms with van der Waals surface area (Å²) in [6.45, 7) is 2.05. The van der Waals surface area contributed by atoms with Crippen molar-refractivity contribution in [2.75, 3.05) is 29.6 Å². The molecule has 0 atom stereocenters. The number of anilines is 3. The maximum Gasteiger partial charge on any atom is 0.255 e. The Bertz CT molecular complexity index is 993. The molecule has 0 heterocycles. The minimum absolute atomic E-state index is 0.197. The molecule has 3 rings (SSSR count). The van der Waals surface area contributed by atoms with Crippen LogP contribution in [-0.4, -0.2) is 25.9 Å². The molecule has 0 saturated heterocycles. The Morgan fingerprint density at radius 3 is 1.86 bits per heavy atom. The molecule has 5 nitrogen and oxygen atoms in total. The van der Waals surface area contributed by atoms with Gasteiger partial charge in [-0.3, -0.25) is 9.59 Å². The van der Waals surface area contributed by atoms with E-state index in [0.717, 1.165) is 29.0 Å². The number of nitrogens with zero attached hydrogens (tertiary/aromatic N) is 1. The summed E-state index contributed by atoms with van der Waals surface area (Å²) in [4.78, 5) is 27.0. The van der Waals surface area contributed by atoms with E-state index in [9.17, 15) is 9.59 Å². The number of carbonyl (C=O) groups is 2. The van der Waals surface area contributed by atoms with Crippen LogP contribution in [0.2, 0.25) is 0 Å². The highest BCUT2D eigenvalue weighted by molar-refractivity contribution is 6.07. The van der Waals surface area contributed by atoms with Gasteiger partial charge in [-0.2, -0.15) is 0 Å². The number of hydrogen-bond donors (Lipinski definition) is 2. The SMILES string of the molecule is CCc1ccccc1NC(=O)c1ccc(C(=O)Nc2ccc(N(C)C)cc2)cc1. The van der Waals surface area contributed by atoms with Crippen LogP contribution in [0.5, 0.6) is 0 Å². The van der Waals surface area contributed by atoms with Crippen molar-refractivity contribution in [1.29, 1.82) is 0 Å². The van der Waals surface area contributed by atoms with Crippen LogP contribution in [0.3, 0.4) is 0 Å². The lowest BCUT2D eigenvalue weighted by atomic mass is 10.1. The fourth-order valence-electron chi connectivity index (χ4n) is 2.96. The van der Waals surface area contributed by atoms with Crippen LogP contribution in [0.1, 0.15) is 33.2 Å². The van der Waals surface area contributed by atoms with Crippen LogP contribution in [0.4, 0.5) is 17.1 Å². The van der Waals surface area contributed by atoms with Crippen molar-refractivity contribution >= 4 is 28.9 Å². The smallest absolute Gasteiger partial charge is 0.255 e. The molecule has 3 aromatic carbocycles. The summed E-state index contributed by atoms with van der Waals surface area (Å²) in [5, 5.41) is 5.81. The lowest BCUT2D eigenvalue weighted by Gasteiger charge is -2.13. The van der Waals surface area contributed by atoms with Crippen molar-refractivity contribution < 1.29 is 9.59 Å². The minimum Gasteiger partial charge on any atom is -0.378 e. The van der Waals surface area contributed by atoms with E-state index in [0.29, 0.717) is 11.1 Å². The molecule has 0 saturated carbocycles. The largest absolute Gasteiger partial charge is 0.378 e. The molecule has 2 N–H and O–H groups in total. The van der Waals surface area contributed by atoms with Crippen LogP contribution in [-0.2, 0) is 6.42 Å². The van der Waals surface area contributed by atoms with E-state index in [1.54, 1.807) is 24.3 Å². The zero-order valence-corrected chi connectivity index (χ0v) is 16.9. The van der Waals surface area contributed by atoms with Crippen molar-refractivity contribution in [2.24, 2.45) is 0 Å². The quantitative estimate of drug-likeness (QED) is 0.637.